The molecule has 0 aliphatic carbocycles. The second kappa shape index (κ2) is 7.75. The number of aromatic nitrogens is 2. The van der Waals surface area contributed by atoms with Gasteiger partial charge in [0.1, 0.15) is 6.33 Å². The molecule has 7 heteroatoms. The lowest BCUT2D eigenvalue weighted by Crippen LogP contribution is -2.29. The molecular formula is C23H20N4O2S. The first-order valence-electron chi connectivity index (χ1n) is 9.42. The minimum Gasteiger partial charge on any atom is -0.299 e. The van der Waals surface area contributed by atoms with Crippen LogP contribution in [0.1, 0.15) is 24.1 Å². The van der Waals surface area contributed by atoms with Gasteiger partial charge in [-0.25, -0.2) is 13.4 Å². The summed E-state index contributed by atoms with van der Waals surface area (Å²) in [4.78, 5) is 4.52. The van der Waals surface area contributed by atoms with Crippen LogP contribution in [-0.2, 0) is 10.0 Å². The summed E-state index contributed by atoms with van der Waals surface area (Å²) in [6.45, 7) is 1.84. The summed E-state index contributed by atoms with van der Waals surface area (Å²) in [5.41, 5.74) is 4.06. The number of nitriles is 1. The van der Waals surface area contributed by atoms with Gasteiger partial charge in [-0.3, -0.25) is 4.57 Å². The molecule has 0 N–H and O–H groups in total. The highest BCUT2D eigenvalue weighted by atomic mass is 32.2. The van der Waals surface area contributed by atoms with Crippen LogP contribution >= 0.6 is 0 Å². The van der Waals surface area contributed by atoms with Crippen molar-refractivity contribution in [1.29, 1.82) is 5.26 Å². The first kappa shape index (κ1) is 19.8. The van der Waals surface area contributed by atoms with E-state index in [1.807, 2.05) is 66.1 Å². The Morgan fingerprint density at radius 3 is 2.50 bits per heavy atom. The van der Waals surface area contributed by atoms with E-state index in [0.29, 0.717) is 5.56 Å². The summed E-state index contributed by atoms with van der Waals surface area (Å²) in [6, 6.07) is 23.3. The SMILES string of the molecule is C[C@H](c1ccc(-n2cnc3ccccc32)cc1)N(C)S(=O)(=O)c1cccc(C#N)c1. The van der Waals surface area contributed by atoms with Crippen molar-refractivity contribution < 1.29 is 8.42 Å². The van der Waals surface area contributed by atoms with Gasteiger partial charge in [0.2, 0.25) is 10.0 Å². The molecule has 0 aliphatic rings. The highest BCUT2D eigenvalue weighted by Crippen LogP contribution is 2.27. The van der Waals surface area contributed by atoms with E-state index < -0.39 is 10.0 Å². The molecular weight excluding hydrogens is 396 g/mol. The van der Waals surface area contributed by atoms with E-state index in [1.54, 1.807) is 25.5 Å². The molecule has 30 heavy (non-hydrogen) atoms. The van der Waals surface area contributed by atoms with Crippen LogP contribution in [0.25, 0.3) is 16.7 Å². The fourth-order valence-electron chi connectivity index (χ4n) is 3.39. The van der Waals surface area contributed by atoms with Gasteiger partial charge < -0.3 is 0 Å². The fraction of sp³-hybridized carbons (Fsp3) is 0.130. The maximum atomic E-state index is 13.0. The number of rotatable bonds is 5. The fourth-order valence-corrected chi connectivity index (χ4v) is 4.79. The normalized spacial score (nSPS) is 12.7. The quantitative estimate of drug-likeness (QED) is 0.486. The van der Waals surface area contributed by atoms with Gasteiger partial charge in [-0.2, -0.15) is 9.57 Å². The molecule has 1 atom stereocenters. The summed E-state index contributed by atoms with van der Waals surface area (Å²) < 4.78 is 29.4. The van der Waals surface area contributed by atoms with Crippen molar-refractivity contribution in [2.24, 2.45) is 0 Å². The van der Waals surface area contributed by atoms with E-state index in [4.69, 9.17) is 5.26 Å². The Kier molecular flexibility index (Phi) is 5.12. The zero-order chi connectivity index (χ0) is 21.3. The molecule has 0 amide bonds. The van der Waals surface area contributed by atoms with Crippen molar-refractivity contribution in [3.05, 3.63) is 90.3 Å². The summed E-state index contributed by atoms with van der Waals surface area (Å²) in [7, 11) is -2.18. The number of hydrogen-bond donors (Lipinski definition) is 0. The van der Waals surface area contributed by atoms with Gasteiger partial charge in [0, 0.05) is 18.8 Å². The molecule has 0 fully saturated rings. The molecule has 3 aromatic carbocycles. The lowest BCUT2D eigenvalue weighted by molar-refractivity contribution is 0.398. The average molecular weight is 417 g/mol. The molecule has 0 unspecified atom stereocenters. The zero-order valence-electron chi connectivity index (χ0n) is 16.6. The molecule has 0 saturated carbocycles. The maximum Gasteiger partial charge on any atom is 0.243 e. The lowest BCUT2D eigenvalue weighted by Gasteiger charge is -2.25. The largest absolute Gasteiger partial charge is 0.299 e. The van der Waals surface area contributed by atoms with Crippen molar-refractivity contribution in [2.45, 2.75) is 17.9 Å². The van der Waals surface area contributed by atoms with Crippen LogP contribution in [0, 0.1) is 11.3 Å². The topological polar surface area (TPSA) is 79.0 Å². The van der Waals surface area contributed by atoms with Crippen molar-refractivity contribution in [1.82, 2.24) is 13.9 Å². The third-order valence-electron chi connectivity index (χ3n) is 5.29. The van der Waals surface area contributed by atoms with Crippen LogP contribution in [0.5, 0.6) is 0 Å². The predicted molar refractivity (Wildman–Crippen MR) is 116 cm³/mol. The summed E-state index contributed by atoms with van der Waals surface area (Å²) in [6.07, 6.45) is 1.78. The van der Waals surface area contributed by atoms with Gasteiger partial charge in [-0.15, -0.1) is 0 Å². The van der Waals surface area contributed by atoms with Crippen LogP contribution in [-0.4, -0.2) is 29.3 Å². The third-order valence-corrected chi connectivity index (χ3v) is 7.22. The summed E-state index contributed by atoms with van der Waals surface area (Å²) >= 11 is 0. The Morgan fingerprint density at radius 2 is 1.77 bits per heavy atom. The van der Waals surface area contributed by atoms with Crippen LogP contribution in [0.4, 0.5) is 0 Å². The number of imidazole rings is 1. The third kappa shape index (κ3) is 3.47. The van der Waals surface area contributed by atoms with Crippen molar-refractivity contribution >= 4 is 21.1 Å². The smallest absolute Gasteiger partial charge is 0.243 e. The Balaban J connectivity index is 1.61. The molecule has 0 bridgehead atoms. The molecule has 0 radical (unpaired) electrons. The van der Waals surface area contributed by atoms with Gasteiger partial charge in [0.05, 0.1) is 27.6 Å². The standard InChI is InChI=1S/C23H20N4O2S/c1-17(26(2)30(28,29)21-7-5-6-18(14-21)15-24)19-10-12-20(13-11-19)27-16-25-22-8-3-4-9-23(22)27/h3-14,16-17H,1-2H3/t17-/m1/s1. The Hall–Kier alpha value is -3.47. The molecule has 1 aromatic heterocycles. The van der Waals surface area contributed by atoms with Gasteiger partial charge in [-0.05, 0) is 55.0 Å². The van der Waals surface area contributed by atoms with Crippen LogP contribution < -0.4 is 0 Å². The number of nitrogens with zero attached hydrogens (tertiary/aromatic N) is 4. The summed E-state index contributed by atoms with van der Waals surface area (Å²) in [5.74, 6) is 0. The minimum atomic E-state index is -3.73. The van der Waals surface area contributed by atoms with E-state index >= 15 is 0 Å². The lowest BCUT2D eigenvalue weighted by atomic mass is 10.1. The van der Waals surface area contributed by atoms with E-state index in [1.165, 1.54) is 16.4 Å². The Morgan fingerprint density at radius 1 is 1.03 bits per heavy atom. The first-order chi connectivity index (χ1) is 14.4. The summed E-state index contributed by atoms with van der Waals surface area (Å²) in [5, 5.41) is 9.06. The molecule has 1 heterocycles. The second-order valence-corrected chi connectivity index (χ2v) is 9.03. The molecule has 0 spiro atoms. The van der Waals surface area contributed by atoms with Crippen LogP contribution in [0.3, 0.4) is 0 Å². The number of sulfonamides is 1. The van der Waals surface area contributed by atoms with Gasteiger partial charge in [0.15, 0.2) is 0 Å². The highest BCUT2D eigenvalue weighted by Gasteiger charge is 2.26. The van der Waals surface area contributed by atoms with Crippen molar-refractivity contribution in [3.8, 4) is 11.8 Å². The number of benzene rings is 3. The monoisotopic (exact) mass is 416 g/mol. The van der Waals surface area contributed by atoms with Gasteiger partial charge in [0.25, 0.3) is 0 Å². The average Bonchev–Trinajstić information content (AvgIpc) is 3.22. The van der Waals surface area contributed by atoms with E-state index in [9.17, 15) is 8.42 Å². The van der Waals surface area contributed by atoms with E-state index in [-0.39, 0.29) is 10.9 Å². The molecule has 6 nitrogen and oxygen atoms in total. The predicted octanol–water partition coefficient (Wildman–Crippen LogP) is 4.28. The molecule has 0 saturated heterocycles. The zero-order valence-corrected chi connectivity index (χ0v) is 17.4. The van der Waals surface area contributed by atoms with Gasteiger partial charge >= 0.3 is 0 Å². The van der Waals surface area contributed by atoms with Crippen LogP contribution in [0.15, 0.2) is 84.0 Å². The second-order valence-electron chi connectivity index (χ2n) is 7.03. The maximum absolute atomic E-state index is 13.0. The van der Waals surface area contributed by atoms with E-state index in [2.05, 4.69) is 4.98 Å². The minimum absolute atomic E-state index is 0.109. The van der Waals surface area contributed by atoms with Gasteiger partial charge in [-0.1, -0.05) is 30.3 Å². The molecule has 150 valence electrons. The number of para-hydroxylation sites is 2. The highest BCUT2D eigenvalue weighted by molar-refractivity contribution is 7.89. The van der Waals surface area contributed by atoms with Crippen molar-refractivity contribution in [2.75, 3.05) is 7.05 Å². The number of fused-ring (bicyclic) bond motifs is 1. The molecule has 4 rings (SSSR count). The van der Waals surface area contributed by atoms with Crippen LogP contribution in [0.2, 0.25) is 0 Å². The Bertz CT molecular complexity index is 1350. The number of hydrogen-bond acceptors (Lipinski definition) is 4. The Labute approximate surface area is 175 Å². The molecule has 4 aromatic rings. The molecule has 0 aliphatic heterocycles. The van der Waals surface area contributed by atoms with Crippen molar-refractivity contribution in [3.63, 3.8) is 0 Å². The van der Waals surface area contributed by atoms with E-state index in [0.717, 1.165) is 22.3 Å². The first-order valence-corrected chi connectivity index (χ1v) is 10.9.